The Bertz CT molecular complexity index is 1280. The van der Waals surface area contributed by atoms with E-state index in [4.69, 9.17) is 10.1 Å². The van der Waals surface area contributed by atoms with Crippen molar-refractivity contribution in [2.75, 3.05) is 32.5 Å². The molecule has 2 aliphatic rings. The summed E-state index contributed by atoms with van der Waals surface area (Å²) in [6.07, 6.45) is 3.71. The van der Waals surface area contributed by atoms with Crippen molar-refractivity contribution in [2.24, 2.45) is 0 Å². The van der Waals surface area contributed by atoms with Gasteiger partial charge in [0.25, 0.3) is 5.91 Å². The van der Waals surface area contributed by atoms with Gasteiger partial charge in [0, 0.05) is 31.3 Å². The number of hydrogen-bond donors (Lipinski definition) is 2. The minimum atomic E-state index is 0.162. The van der Waals surface area contributed by atoms with Crippen molar-refractivity contribution in [1.82, 2.24) is 14.8 Å². The van der Waals surface area contributed by atoms with Crippen LogP contribution in [0.4, 0.5) is 5.69 Å². The highest BCUT2D eigenvalue weighted by atomic mass is 16.5. The maximum Gasteiger partial charge on any atom is 0.254 e. The van der Waals surface area contributed by atoms with Crippen molar-refractivity contribution in [3.8, 4) is 22.6 Å². The SMILES string of the molecule is CC.CNc1cc(Oc2cccc(-c3ccc4c(c3)CN(C3CCN(C)CC3)C4=O)c2)cnc1C(C)=N. The summed E-state index contributed by atoms with van der Waals surface area (Å²) in [6.45, 7) is 8.48. The molecule has 194 valence electrons. The van der Waals surface area contributed by atoms with Crippen LogP contribution < -0.4 is 10.1 Å². The van der Waals surface area contributed by atoms with Gasteiger partial charge in [-0.05, 0) is 80.9 Å². The molecule has 2 N–H and O–H groups in total. The van der Waals surface area contributed by atoms with E-state index < -0.39 is 0 Å². The molecule has 0 saturated carbocycles. The summed E-state index contributed by atoms with van der Waals surface area (Å²) >= 11 is 0. The number of carbonyl (C=O) groups is 1. The summed E-state index contributed by atoms with van der Waals surface area (Å²) < 4.78 is 6.09. The fraction of sp³-hybridized carbons (Fsp3) is 0.367. The average Bonchev–Trinajstić information content (AvgIpc) is 3.25. The molecule has 3 heterocycles. The minimum Gasteiger partial charge on any atom is -0.456 e. The van der Waals surface area contributed by atoms with Crippen LogP contribution >= 0.6 is 0 Å². The number of nitrogens with one attached hydrogen (secondary N) is 2. The fourth-order valence-electron chi connectivity index (χ4n) is 4.99. The first-order valence-electron chi connectivity index (χ1n) is 13.1. The maximum atomic E-state index is 13.1. The molecule has 0 spiro atoms. The molecule has 0 radical (unpaired) electrons. The number of ether oxygens (including phenoxy) is 1. The van der Waals surface area contributed by atoms with Crippen molar-refractivity contribution in [1.29, 1.82) is 5.41 Å². The molecule has 37 heavy (non-hydrogen) atoms. The van der Waals surface area contributed by atoms with Crippen LogP contribution in [0.25, 0.3) is 11.1 Å². The van der Waals surface area contributed by atoms with E-state index in [1.165, 1.54) is 0 Å². The second kappa shape index (κ2) is 11.6. The number of nitrogens with zero attached hydrogens (tertiary/aromatic N) is 3. The first kappa shape index (κ1) is 26.4. The second-order valence-corrected chi connectivity index (χ2v) is 9.41. The van der Waals surface area contributed by atoms with E-state index in [1.807, 2.05) is 50.2 Å². The highest BCUT2D eigenvalue weighted by molar-refractivity contribution is 6.00. The number of carbonyl (C=O) groups excluding carboxylic acids is 1. The van der Waals surface area contributed by atoms with Gasteiger partial charge in [0.1, 0.15) is 17.2 Å². The van der Waals surface area contributed by atoms with Gasteiger partial charge in [-0.2, -0.15) is 0 Å². The third-order valence-corrected chi connectivity index (χ3v) is 6.96. The molecule has 0 unspecified atom stereocenters. The minimum absolute atomic E-state index is 0.162. The molecular weight excluding hydrogens is 462 g/mol. The number of amides is 1. The maximum absolute atomic E-state index is 13.1. The van der Waals surface area contributed by atoms with Crippen LogP contribution in [0.5, 0.6) is 11.5 Å². The number of fused-ring (bicyclic) bond motifs is 1. The molecule has 2 aliphatic heterocycles. The third kappa shape index (κ3) is 5.67. The number of rotatable bonds is 6. The molecular formula is C30H37N5O2. The standard InChI is InChI=1S/C28H31N5O2.C2H6/c1-18(29)27-26(30-2)15-24(16-31-27)35-23-6-4-5-19(14-23)20-7-8-25-21(13-20)17-33(28(25)34)22-9-11-32(3)12-10-22;1-2/h4-8,13-16,22,29-30H,9-12,17H2,1-3H3;1-2H3. The Morgan fingerprint density at radius 2 is 1.78 bits per heavy atom. The number of hydrogen-bond acceptors (Lipinski definition) is 6. The largest absolute Gasteiger partial charge is 0.456 e. The first-order chi connectivity index (χ1) is 17.9. The lowest BCUT2D eigenvalue weighted by molar-refractivity contribution is 0.0617. The third-order valence-electron chi connectivity index (χ3n) is 6.96. The van der Waals surface area contributed by atoms with Crippen LogP contribution in [-0.4, -0.2) is 59.6 Å². The van der Waals surface area contributed by atoms with Crippen molar-refractivity contribution in [2.45, 2.75) is 46.2 Å². The zero-order valence-corrected chi connectivity index (χ0v) is 22.5. The summed E-state index contributed by atoms with van der Waals surface area (Å²) in [7, 11) is 3.95. The molecule has 7 nitrogen and oxygen atoms in total. The molecule has 1 aromatic heterocycles. The first-order valence-corrected chi connectivity index (χ1v) is 13.1. The molecule has 7 heteroatoms. The number of aromatic nitrogens is 1. The summed E-state index contributed by atoms with van der Waals surface area (Å²) in [5.41, 5.74) is 5.78. The average molecular weight is 500 g/mol. The Balaban J connectivity index is 0.00000156. The Morgan fingerprint density at radius 3 is 2.49 bits per heavy atom. The number of likely N-dealkylation sites (tertiary alicyclic amines) is 1. The number of pyridine rings is 1. The Kier molecular flexibility index (Phi) is 8.24. The quantitative estimate of drug-likeness (QED) is 0.404. The van der Waals surface area contributed by atoms with Gasteiger partial charge in [0.2, 0.25) is 0 Å². The van der Waals surface area contributed by atoms with E-state index in [1.54, 1.807) is 20.2 Å². The number of benzene rings is 2. The summed E-state index contributed by atoms with van der Waals surface area (Å²) in [5, 5.41) is 10.9. The molecule has 0 bridgehead atoms. The normalized spacial score (nSPS) is 15.6. The van der Waals surface area contributed by atoms with Gasteiger partial charge in [0.05, 0.1) is 17.6 Å². The van der Waals surface area contributed by atoms with Gasteiger partial charge in [-0.3, -0.25) is 4.79 Å². The van der Waals surface area contributed by atoms with Crippen LogP contribution in [-0.2, 0) is 6.54 Å². The highest BCUT2D eigenvalue weighted by Gasteiger charge is 2.34. The van der Waals surface area contributed by atoms with Gasteiger partial charge in [-0.15, -0.1) is 0 Å². The van der Waals surface area contributed by atoms with E-state index in [9.17, 15) is 4.79 Å². The van der Waals surface area contributed by atoms with E-state index in [0.29, 0.717) is 35.5 Å². The van der Waals surface area contributed by atoms with Crippen molar-refractivity contribution >= 4 is 17.3 Å². The number of piperidine rings is 1. The zero-order valence-electron chi connectivity index (χ0n) is 22.5. The Morgan fingerprint density at radius 1 is 1.05 bits per heavy atom. The van der Waals surface area contributed by atoms with E-state index >= 15 is 0 Å². The van der Waals surface area contributed by atoms with Crippen LogP contribution in [0.2, 0.25) is 0 Å². The predicted molar refractivity (Wildman–Crippen MR) is 150 cm³/mol. The topological polar surface area (TPSA) is 81.6 Å². The Hall–Kier alpha value is -3.71. The Labute approximate surface area is 220 Å². The molecule has 5 rings (SSSR count). The van der Waals surface area contributed by atoms with Gasteiger partial charge < -0.3 is 25.3 Å². The van der Waals surface area contributed by atoms with Gasteiger partial charge in [0.15, 0.2) is 0 Å². The molecule has 1 amide bonds. The van der Waals surface area contributed by atoms with Gasteiger partial charge in [-0.25, -0.2) is 4.98 Å². The second-order valence-electron chi connectivity index (χ2n) is 9.41. The van der Waals surface area contributed by atoms with Gasteiger partial charge >= 0.3 is 0 Å². The zero-order chi connectivity index (χ0) is 26.5. The van der Waals surface area contributed by atoms with Crippen LogP contribution in [0.1, 0.15) is 55.2 Å². The van der Waals surface area contributed by atoms with Crippen LogP contribution in [0.15, 0.2) is 54.7 Å². The van der Waals surface area contributed by atoms with E-state index in [-0.39, 0.29) is 5.91 Å². The smallest absolute Gasteiger partial charge is 0.254 e. The van der Waals surface area contributed by atoms with Crippen molar-refractivity contribution in [3.63, 3.8) is 0 Å². The summed E-state index contributed by atoms with van der Waals surface area (Å²) in [5.74, 6) is 1.47. The summed E-state index contributed by atoms with van der Waals surface area (Å²) in [6, 6.07) is 16.3. The van der Waals surface area contributed by atoms with Crippen LogP contribution in [0.3, 0.4) is 0 Å². The van der Waals surface area contributed by atoms with E-state index in [0.717, 1.165) is 53.9 Å². The van der Waals surface area contributed by atoms with Crippen molar-refractivity contribution in [3.05, 3.63) is 71.5 Å². The lowest BCUT2D eigenvalue weighted by Gasteiger charge is -2.34. The monoisotopic (exact) mass is 499 g/mol. The molecule has 1 fully saturated rings. The molecule has 1 saturated heterocycles. The number of anilines is 1. The van der Waals surface area contributed by atoms with Crippen LogP contribution in [0, 0.1) is 5.41 Å². The summed E-state index contributed by atoms with van der Waals surface area (Å²) in [4.78, 5) is 21.8. The van der Waals surface area contributed by atoms with Crippen molar-refractivity contribution < 1.29 is 9.53 Å². The molecule has 0 atom stereocenters. The molecule has 2 aromatic carbocycles. The highest BCUT2D eigenvalue weighted by Crippen LogP contribution is 2.34. The lowest BCUT2D eigenvalue weighted by Crippen LogP contribution is -2.43. The molecule has 3 aromatic rings. The van der Waals surface area contributed by atoms with Gasteiger partial charge in [-0.1, -0.05) is 32.0 Å². The van der Waals surface area contributed by atoms with E-state index in [2.05, 4.69) is 39.3 Å². The predicted octanol–water partition coefficient (Wildman–Crippen LogP) is 6.05. The molecule has 0 aliphatic carbocycles. The fourth-order valence-corrected chi connectivity index (χ4v) is 4.99. The lowest BCUT2D eigenvalue weighted by atomic mass is 10.0.